The summed E-state index contributed by atoms with van der Waals surface area (Å²) in [6.45, 7) is 7.44. The van der Waals surface area contributed by atoms with E-state index in [0.29, 0.717) is 6.04 Å². The molecule has 2 nitrogen and oxygen atoms in total. The van der Waals surface area contributed by atoms with Crippen LogP contribution in [0.4, 0.5) is 11.4 Å². The zero-order valence-corrected chi connectivity index (χ0v) is 12.9. The van der Waals surface area contributed by atoms with Gasteiger partial charge in [0.25, 0.3) is 0 Å². The predicted molar refractivity (Wildman–Crippen MR) is 87.8 cm³/mol. The number of benzene rings is 2. The minimum atomic E-state index is 0.402. The van der Waals surface area contributed by atoms with Crippen molar-refractivity contribution >= 4 is 11.4 Å². The fourth-order valence-corrected chi connectivity index (χ4v) is 2.33. The van der Waals surface area contributed by atoms with E-state index in [0.717, 1.165) is 6.54 Å². The fourth-order valence-electron chi connectivity index (χ4n) is 2.33. The zero-order chi connectivity index (χ0) is 14.5. The van der Waals surface area contributed by atoms with E-state index in [1.807, 2.05) is 0 Å². The van der Waals surface area contributed by atoms with Crippen LogP contribution in [-0.2, 0) is 0 Å². The minimum absolute atomic E-state index is 0.402. The van der Waals surface area contributed by atoms with Gasteiger partial charge in [-0.1, -0.05) is 36.8 Å². The molecule has 0 fully saturated rings. The Morgan fingerprint density at radius 1 is 0.950 bits per heavy atom. The molecule has 0 spiro atoms. The van der Waals surface area contributed by atoms with Gasteiger partial charge in [0, 0.05) is 24.5 Å². The van der Waals surface area contributed by atoms with Gasteiger partial charge in [0.2, 0.25) is 0 Å². The van der Waals surface area contributed by atoms with Crippen molar-refractivity contribution in [3.8, 4) is 0 Å². The molecule has 0 aliphatic rings. The molecule has 2 heteroatoms. The lowest BCUT2D eigenvalue weighted by Gasteiger charge is -2.21. The van der Waals surface area contributed by atoms with Crippen LogP contribution in [0.15, 0.2) is 48.5 Å². The number of nitrogens with zero attached hydrogens (tertiary/aromatic N) is 1. The van der Waals surface area contributed by atoms with Gasteiger partial charge in [0.05, 0.1) is 0 Å². The molecule has 1 atom stereocenters. The van der Waals surface area contributed by atoms with E-state index in [4.69, 9.17) is 0 Å². The summed E-state index contributed by atoms with van der Waals surface area (Å²) in [5.41, 5.74) is 5.04. The Morgan fingerprint density at radius 2 is 1.45 bits per heavy atom. The molecule has 1 N–H and O–H groups in total. The van der Waals surface area contributed by atoms with Crippen LogP contribution in [0.25, 0.3) is 0 Å². The molecular formula is C18H24N2. The Hall–Kier alpha value is -1.80. The zero-order valence-electron chi connectivity index (χ0n) is 12.9. The third-order valence-corrected chi connectivity index (χ3v) is 3.71. The van der Waals surface area contributed by atoms with Crippen molar-refractivity contribution in [1.82, 2.24) is 5.32 Å². The smallest absolute Gasteiger partial charge is 0.0408 e. The number of aryl methyl sites for hydroxylation is 1. The molecule has 0 amide bonds. The molecule has 0 saturated carbocycles. The quantitative estimate of drug-likeness (QED) is 0.862. The second kappa shape index (κ2) is 6.58. The summed E-state index contributed by atoms with van der Waals surface area (Å²) in [5.74, 6) is 0. The van der Waals surface area contributed by atoms with E-state index in [9.17, 15) is 0 Å². The van der Waals surface area contributed by atoms with E-state index in [2.05, 4.69) is 86.6 Å². The van der Waals surface area contributed by atoms with Crippen LogP contribution >= 0.6 is 0 Å². The van der Waals surface area contributed by atoms with E-state index in [-0.39, 0.29) is 0 Å². The molecule has 0 aromatic heterocycles. The number of anilines is 2. The summed E-state index contributed by atoms with van der Waals surface area (Å²) in [6.07, 6.45) is 0. The normalized spacial score (nSPS) is 12.2. The van der Waals surface area contributed by atoms with Gasteiger partial charge in [0.15, 0.2) is 0 Å². The highest BCUT2D eigenvalue weighted by molar-refractivity contribution is 5.62. The van der Waals surface area contributed by atoms with Crippen LogP contribution in [0.1, 0.15) is 31.0 Å². The Morgan fingerprint density at radius 3 is 1.95 bits per heavy atom. The van der Waals surface area contributed by atoms with Gasteiger partial charge < -0.3 is 10.2 Å². The van der Waals surface area contributed by atoms with Crippen molar-refractivity contribution < 1.29 is 0 Å². The molecule has 0 bridgehead atoms. The summed E-state index contributed by atoms with van der Waals surface area (Å²) in [5, 5.41) is 3.43. The van der Waals surface area contributed by atoms with Crippen LogP contribution < -0.4 is 10.2 Å². The van der Waals surface area contributed by atoms with Crippen LogP contribution in [-0.4, -0.2) is 13.6 Å². The van der Waals surface area contributed by atoms with Crippen molar-refractivity contribution in [3.63, 3.8) is 0 Å². The topological polar surface area (TPSA) is 15.3 Å². The van der Waals surface area contributed by atoms with Gasteiger partial charge >= 0.3 is 0 Å². The summed E-state index contributed by atoms with van der Waals surface area (Å²) in [4.78, 5) is 2.21. The highest BCUT2D eigenvalue weighted by atomic mass is 15.1. The maximum Gasteiger partial charge on any atom is 0.0408 e. The Balaban J connectivity index is 2.15. The second-order valence-corrected chi connectivity index (χ2v) is 5.27. The lowest BCUT2D eigenvalue weighted by Crippen LogP contribution is -2.17. The van der Waals surface area contributed by atoms with E-state index >= 15 is 0 Å². The van der Waals surface area contributed by atoms with Gasteiger partial charge in [-0.05, 0) is 50.2 Å². The lowest BCUT2D eigenvalue weighted by atomic mass is 10.1. The maximum absolute atomic E-state index is 3.43. The van der Waals surface area contributed by atoms with Gasteiger partial charge in [-0.2, -0.15) is 0 Å². The monoisotopic (exact) mass is 268 g/mol. The van der Waals surface area contributed by atoms with Crippen LogP contribution in [0.5, 0.6) is 0 Å². The standard InChI is InChI=1S/C18H24N2/c1-5-19-15(3)16-8-12-18(13-9-16)20(4)17-10-6-14(2)7-11-17/h6-13,15,19H,5H2,1-4H3. The molecule has 20 heavy (non-hydrogen) atoms. The molecule has 0 saturated heterocycles. The summed E-state index contributed by atoms with van der Waals surface area (Å²) in [7, 11) is 2.10. The Bertz CT molecular complexity index is 528. The van der Waals surface area contributed by atoms with Gasteiger partial charge in [-0.15, -0.1) is 0 Å². The Labute approximate surface area is 122 Å². The average Bonchev–Trinajstić information content (AvgIpc) is 2.48. The number of hydrogen-bond acceptors (Lipinski definition) is 2. The highest BCUT2D eigenvalue weighted by Crippen LogP contribution is 2.25. The van der Waals surface area contributed by atoms with E-state index < -0.39 is 0 Å². The third kappa shape index (κ3) is 3.40. The number of rotatable bonds is 5. The predicted octanol–water partition coefficient (Wildman–Crippen LogP) is 4.43. The average molecular weight is 268 g/mol. The van der Waals surface area contributed by atoms with Crippen molar-refractivity contribution in [3.05, 3.63) is 59.7 Å². The molecule has 1 unspecified atom stereocenters. The molecular weight excluding hydrogens is 244 g/mol. The molecule has 2 aromatic carbocycles. The van der Waals surface area contributed by atoms with E-state index in [1.165, 1.54) is 22.5 Å². The van der Waals surface area contributed by atoms with Gasteiger partial charge in [-0.25, -0.2) is 0 Å². The van der Waals surface area contributed by atoms with Gasteiger partial charge in [0.1, 0.15) is 0 Å². The third-order valence-electron chi connectivity index (χ3n) is 3.71. The van der Waals surface area contributed by atoms with Crippen molar-refractivity contribution in [2.45, 2.75) is 26.8 Å². The molecule has 2 rings (SSSR count). The van der Waals surface area contributed by atoms with E-state index in [1.54, 1.807) is 0 Å². The molecule has 0 aliphatic carbocycles. The first-order chi connectivity index (χ1) is 9.61. The number of hydrogen-bond donors (Lipinski definition) is 1. The molecule has 0 aliphatic heterocycles. The first-order valence-corrected chi connectivity index (χ1v) is 7.25. The second-order valence-electron chi connectivity index (χ2n) is 5.27. The first-order valence-electron chi connectivity index (χ1n) is 7.25. The molecule has 0 radical (unpaired) electrons. The molecule has 106 valence electrons. The molecule has 2 aromatic rings. The fraction of sp³-hybridized carbons (Fsp3) is 0.333. The largest absolute Gasteiger partial charge is 0.345 e. The summed E-state index contributed by atoms with van der Waals surface area (Å²) in [6, 6.07) is 17.8. The van der Waals surface area contributed by atoms with Crippen molar-refractivity contribution in [2.75, 3.05) is 18.5 Å². The highest BCUT2D eigenvalue weighted by Gasteiger charge is 2.06. The number of nitrogens with one attached hydrogen (secondary N) is 1. The Kier molecular flexibility index (Phi) is 4.80. The van der Waals surface area contributed by atoms with Crippen LogP contribution in [0, 0.1) is 6.92 Å². The molecule has 0 heterocycles. The maximum atomic E-state index is 3.43. The lowest BCUT2D eigenvalue weighted by molar-refractivity contribution is 0.598. The van der Waals surface area contributed by atoms with Crippen LogP contribution in [0.2, 0.25) is 0 Å². The van der Waals surface area contributed by atoms with Crippen molar-refractivity contribution in [1.29, 1.82) is 0 Å². The van der Waals surface area contributed by atoms with Gasteiger partial charge in [-0.3, -0.25) is 0 Å². The van der Waals surface area contributed by atoms with Crippen LogP contribution in [0.3, 0.4) is 0 Å². The summed E-state index contributed by atoms with van der Waals surface area (Å²) < 4.78 is 0. The van der Waals surface area contributed by atoms with Crippen molar-refractivity contribution in [2.24, 2.45) is 0 Å². The summed E-state index contributed by atoms with van der Waals surface area (Å²) >= 11 is 0. The SMILES string of the molecule is CCNC(C)c1ccc(N(C)c2ccc(C)cc2)cc1. The first kappa shape index (κ1) is 14.6. The minimum Gasteiger partial charge on any atom is -0.345 e.